The van der Waals surface area contributed by atoms with E-state index in [2.05, 4.69) is 6.58 Å². The summed E-state index contributed by atoms with van der Waals surface area (Å²) in [5, 5.41) is 8.57. The van der Waals surface area contributed by atoms with Crippen LogP contribution in [0.5, 0.6) is 0 Å². The third-order valence-electron chi connectivity index (χ3n) is 2.22. The molecule has 0 aliphatic rings. The number of hydrogen-bond donors (Lipinski definition) is 1. The largest absolute Gasteiger partial charge is 0.395 e. The quantitative estimate of drug-likeness (QED) is 0.811. The molecular weight excluding hydrogens is 281 g/mol. The van der Waals surface area contributed by atoms with Crippen LogP contribution < -0.4 is 0 Å². The fourth-order valence-electron chi connectivity index (χ4n) is 1.39. The van der Waals surface area contributed by atoms with E-state index in [4.69, 9.17) is 16.7 Å². The van der Waals surface area contributed by atoms with Crippen molar-refractivity contribution in [3.8, 4) is 0 Å². The van der Waals surface area contributed by atoms with E-state index >= 15 is 0 Å². The molecule has 1 aromatic rings. The molecule has 0 aliphatic heterocycles. The zero-order chi connectivity index (χ0) is 13.8. The lowest BCUT2D eigenvalue weighted by Gasteiger charge is -2.20. The average molecular weight is 294 g/mol. The van der Waals surface area contributed by atoms with Crippen molar-refractivity contribution in [1.29, 1.82) is 0 Å². The maximum Gasteiger partial charge on any atom is 0.246 e. The topological polar surface area (TPSA) is 57.6 Å². The highest BCUT2D eigenvalue weighted by Crippen LogP contribution is 2.24. The molecule has 1 rings (SSSR count). The Morgan fingerprint density at radius 1 is 1.50 bits per heavy atom. The SMILES string of the molecule is C=CCN(CCO)S(=O)(=O)c1cccc(Cl)c1F. The Morgan fingerprint density at radius 2 is 2.17 bits per heavy atom. The van der Waals surface area contributed by atoms with Gasteiger partial charge in [-0.1, -0.05) is 23.7 Å². The van der Waals surface area contributed by atoms with Crippen molar-refractivity contribution in [2.45, 2.75) is 4.90 Å². The van der Waals surface area contributed by atoms with Crippen molar-refractivity contribution in [1.82, 2.24) is 4.31 Å². The molecule has 0 unspecified atom stereocenters. The first-order chi connectivity index (χ1) is 8.45. The number of halogens is 2. The number of aliphatic hydroxyl groups excluding tert-OH is 1. The number of rotatable bonds is 6. The van der Waals surface area contributed by atoms with Gasteiger partial charge in [-0.15, -0.1) is 6.58 Å². The van der Waals surface area contributed by atoms with Crippen LogP contribution in [0.4, 0.5) is 4.39 Å². The Kier molecular flexibility index (Phi) is 5.28. The van der Waals surface area contributed by atoms with E-state index in [0.29, 0.717) is 0 Å². The van der Waals surface area contributed by atoms with Crippen molar-refractivity contribution in [2.24, 2.45) is 0 Å². The average Bonchev–Trinajstić information content (AvgIpc) is 2.32. The summed E-state index contributed by atoms with van der Waals surface area (Å²) >= 11 is 5.55. The highest BCUT2D eigenvalue weighted by atomic mass is 35.5. The highest BCUT2D eigenvalue weighted by Gasteiger charge is 2.27. The van der Waals surface area contributed by atoms with E-state index in [1.807, 2.05) is 0 Å². The molecule has 0 saturated heterocycles. The summed E-state index contributed by atoms with van der Waals surface area (Å²) < 4.78 is 38.9. The second kappa shape index (κ2) is 6.29. The molecule has 0 saturated carbocycles. The van der Waals surface area contributed by atoms with Gasteiger partial charge >= 0.3 is 0 Å². The molecule has 100 valence electrons. The molecule has 7 heteroatoms. The number of nitrogens with zero attached hydrogens (tertiary/aromatic N) is 1. The first kappa shape index (κ1) is 15.1. The van der Waals surface area contributed by atoms with Gasteiger partial charge in [0.15, 0.2) is 5.82 Å². The van der Waals surface area contributed by atoms with Crippen LogP contribution in [-0.4, -0.2) is 37.5 Å². The second-order valence-electron chi connectivity index (χ2n) is 3.43. The van der Waals surface area contributed by atoms with Crippen LogP contribution >= 0.6 is 11.6 Å². The van der Waals surface area contributed by atoms with Gasteiger partial charge in [0.25, 0.3) is 0 Å². The van der Waals surface area contributed by atoms with Gasteiger partial charge in [0, 0.05) is 13.1 Å². The van der Waals surface area contributed by atoms with Crippen molar-refractivity contribution in [3.63, 3.8) is 0 Å². The molecule has 0 amide bonds. The van der Waals surface area contributed by atoms with E-state index in [9.17, 15) is 12.8 Å². The Hall–Kier alpha value is -0.950. The molecular formula is C11H13ClFNO3S. The summed E-state index contributed by atoms with van der Waals surface area (Å²) in [5.41, 5.74) is 0. The maximum atomic E-state index is 13.7. The third kappa shape index (κ3) is 3.08. The minimum Gasteiger partial charge on any atom is -0.395 e. The zero-order valence-electron chi connectivity index (χ0n) is 9.51. The minimum absolute atomic E-state index is 0.0190. The third-order valence-corrected chi connectivity index (χ3v) is 4.39. The van der Waals surface area contributed by atoms with E-state index in [1.54, 1.807) is 0 Å². The summed E-state index contributed by atoms with van der Waals surface area (Å²) in [6, 6.07) is 3.74. The predicted octanol–water partition coefficient (Wildman–Crippen LogP) is 1.65. The Morgan fingerprint density at radius 3 is 2.72 bits per heavy atom. The molecule has 1 aromatic carbocycles. The lowest BCUT2D eigenvalue weighted by atomic mass is 10.3. The molecule has 1 N–H and O–H groups in total. The van der Waals surface area contributed by atoms with Gasteiger partial charge in [0.1, 0.15) is 4.90 Å². The molecule has 0 fully saturated rings. The smallest absolute Gasteiger partial charge is 0.246 e. The summed E-state index contributed by atoms with van der Waals surface area (Å²) in [5.74, 6) is -0.994. The summed E-state index contributed by atoms with van der Waals surface area (Å²) in [6.45, 7) is 2.90. The van der Waals surface area contributed by atoms with Gasteiger partial charge in [-0.3, -0.25) is 0 Å². The summed E-state index contributed by atoms with van der Waals surface area (Å²) in [7, 11) is -4.04. The van der Waals surface area contributed by atoms with E-state index in [0.717, 1.165) is 10.4 Å². The van der Waals surface area contributed by atoms with E-state index in [1.165, 1.54) is 18.2 Å². The van der Waals surface area contributed by atoms with Crippen LogP contribution in [0.3, 0.4) is 0 Å². The molecule has 0 heterocycles. The van der Waals surface area contributed by atoms with Gasteiger partial charge < -0.3 is 5.11 Å². The van der Waals surface area contributed by atoms with Gasteiger partial charge in [-0.05, 0) is 12.1 Å². The van der Waals surface area contributed by atoms with Crippen molar-refractivity contribution >= 4 is 21.6 Å². The minimum atomic E-state index is -4.04. The zero-order valence-corrected chi connectivity index (χ0v) is 11.1. The second-order valence-corrected chi connectivity index (χ2v) is 5.74. The lowest BCUT2D eigenvalue weighted by molar-refractivity contribution is 0.260. The Bertz CT molecular complexity index is 533. The fourth-order valence-corrected chi connectivity index (χ4v) is 3.11. The monoisotopic (exact) mass is 293 g/mol. The van der Waals surface area contributed by atoms with Gasteiger partial charge in [-0.25, -0.2) is 12.8 Å². The molecule has 18 heavy (non-hydrogen) atoms. The van der Waals surface area contributed by atoms with Gasteiger partial charge in [0.2, 0.25) is 10.0 Å². The molecule has 0 spiro atoms. The fraction of sp³-hybridized carbons (Fsp3) is 0.273. The molecule has 0 aromatic heterocycles. The van der Waals surface area contributed by atoms with Crippen molar-refractivity contribution < 1.29 is 17.9 Å². The number of hydrogen-bond acceptors (Lipinski definition) is 3. The van der Waals surface area contributed by atoms with Crippen LogP contribution in [-0.2, 0) is 10.0 Å². The predicted molar refractivity (Wildman–Crippen MR) is 67.5 cm³/mol. The summed E-state index contributed by atoms with van der Waals surface area (Å²) in [4.78, 5) is -0.509. The number of sulfonamides is 1. The van der Waals surface area contributed by atoms with E-state index < -0.39 is 20.7 Å². The molecule has 0 radical (unpaired) electrons. The number of benzene rings is 1. The van der Waals surface area contributed by atoms with Gasteiger partial charge in [0.05, 0.1) is 11.6 Å². The van der Waals surface area contributed by atoms with Gasteiger partial charge in [-0.2, -0.15) is 4.31 Å². The molecule has 0 bridgehead atoms. The van der Waals surface area contributed by atoms with Crippen molar-refractivity contribution in [3.05, 3.63) is 41.7 Å². The normalized spacial score (nSPS) is 11.8. The Labute approximate surface area is 110 Å². The first-order valence-electron chi connectivity index (χ1n) is 5.11. The van der Waals surface area contributed by atoms with Crippen LogP contribution in [0, 0.1) is 5.82 Å². The lowest BCUT2D eigenvalue weighted by Crippen LogP contribution is -2.34. The maximum absolute atomic E-state index is 13.7. The van der Waals surface area contributed by atoms with E-state index in [-0.39, 0.29) is 24.7 Å². The standard InChI is InChI=1S/C11H13ClFNO3S/c1-2-6-14(7-8-15)18(16,17)10-5-3-4-9(12)11(10)13/h2-5,15H,1,6-8H2. The molecule has 0 aliphatic carbocycles. The van der Waals surface area contributed by atoms with Crippen LogP contribution in [0.25, 0.3) is 0 Å². The van der Waals surface area contributed by atoms with Crippen LogP contribution in [0.15, 0.2) is 35.7 Å². The van der Waals surface area contributed by atoms with Crippen molar-refractivity contribution in [2.75, 3.05) is 19.7 Å². The highest BCUT2D eigenvalue weighted by molar-refractivity contribution is 7.89. The summed E-state index contributed by atoms with van der Waals surface area (Å²) in [6.07, 6.45) is 1.36. The molecule has 4 nitrogen and oxygen atoms in total. The first-order valence-corrected chi connectivity index (χ1v) is 6.93. The van der Waals surface area contributed by atoms with Crippen LogP contribution in [0.2, 0.25) is 5.02 Å². The number of aliphatic hydroxyl groups is 1. The van der Waals surface area contributed by atoms with Crippen LogP contribution in [0.1, 0.15) is 0 Å². The molecule has 0 atom stereocenters. The Balaban J connectivity index is 3.26.